The summed E-state index contributed by atoms with van der Waals surface area (Å²) in [5.41, 5.74) is 18.7. The number of hydrogen-bond donors (Lipinski definition) is 0. The van der Waals surface area contributed by atoms with Crippen LogP contribution in [0.5, 0.6) is 0 Å². The second kappa shape index (κ2) is 16.2. The van der Waals surface area contributed by atoms with Crippen molar-refractivity contribution in [2.75, 3.05) is 4.90 Å². The van der Waals surface area contributed by atoms with Crippen LogP contribution in [-0.2, 0) is 0 Å². The van der Waals surface area contributed by atoms with Crippen LogP contribution in [-0.4, -0.2) is 13.7 Å². The standard InChI is InChI=1S/C66H44N4/c1-5-17-49(18-6-1)67(50-19-7-2-8-20-50)53-34-29-45(30-35-53)46-31-37-64-58(41-46)59-43-48(33-39-65(59)69(64)52-23-11-4-12-24-52)47-32-38-63-57(42-47)55-25-13-16-28-62(55)70(63)54-36-40-66-60(44-54)56-26-14-15-27-61(56)68(66)51-21-9-3-10-22-51/h1-44H. The van der Waals surface area contributed by atoms with Gasteiger partial charge in [0.2, 0.25) is 0 Å². The minimum Gasteiger partial charge on any atom is -0.311 e. The first-order valence-corrected chi connectivity index (χ1v) is 24.0. The highest BCUT2D eigenvalue weighted by molar-refractivity contribution is 6.14. The molecule has 0 amide bonds. The first-order valence-electron chi connectivity index (χ1n) is 24.0. The molecule has 0 bridgehead atoms. The van der Waals surface area contributed by atoms with Crippen LogP contribution >= 0.6 is 0 Å². The van der Waals surface area contributed by atoms with Crippen LogP contribution in [0.4, 0.5) is 17.1 Å². The van der Waals surface area contributed by atoms with E-state index < -0.39 is 0 Å². The zero-order valence-electron chi connectivity index (χ0n) is 38.2. The lowest BCUT2D eigenvalue weighted by molar-refractivity contribution is 1.17. The van der Waals surface area contributed by atoms with Gasteiger partial charge in [0.1, 0.15) is 0 Å². The lowest BCUT2D eigenvalue weighted by atomic mass is 9.99. The van der Waals surface area contributed by atoms with Crippen LogP contribution in [0.1, 0.15) is 0 Å². The maximum absolute atomic E-state index is 2.44. The molecule has 14 aromatic rings. The lowest BCUT2D eigenvalue weighted by Gasteiger charge is -2.25. The molecule has 0 atom stereocenters. The monoisotopic (exact) mass is 892 g/mol. The van der Waals surface area contributed by atoms with Crippen molar-refractivity contribution in [1.29, 1.82) is 0 Å². The van der Waals surface area contributed by atoms with Crippen LogP contribution in [0.15, 0.2) is 267 Å². The molecule has 14 rings (SSSR count). The van der Waals surface area contributed by atoms with Gasteiger partial charge in [0, 0.05) is 66.4 Å². The molecule has 0 aliphatic heterocycles. The number of rotatable bonds is 8. The molecule has 0 N–H and O–H groups in total. The van der Waals surface area contributed by atoms with Crippen LogP contribution in [0, 0.1) is 0 Å². The molecule has 3 aromatic heterocycles. The van der Waals surface area contributed by atoms with Crippen molar-refractivity contribution in [2.24, 2.45) is 0 Å². The molecule has 0 saturated heterocycles. The van der Waals surface area contributed by atoms with Crippen molar-refractivity contribution in [1.82, 2.24) is 13.7 Å². The topological polar surface area (TPSA) is 18.0 Å². The van der Waals surface area contributed by atoms with Gasteiger partial charge >= 0.3 is 0 Å². The Morgan fingerprint density at radius 3 is 0.986 bits per heavy atom. The summed E-state index contributed by atoms with van der Waals surface area (Å²) in [6.07, 6.45) is 0. The van der Waals surface area contributed by atoms with Crippen LogP contribution in [0.3, 0.4) is 0 Å². The SMILES string of the molecule is c1ccc(N(c2ccccc2)c2ccc(-c3ccc4c(c3)c3cc(-c5ccc6c(c5)c5ccccc5n6-c5ccc6c(c5)c5ccccc5n6-c5ccccc5)ccc3n4-c3ccccc3)cc2)cc1. The first-order chi connectivity index (χ1) is 34.7. The quantitative estimate of drug-likeness (QED) is 0.149. The Kier molecular flexibility index (Phi) is 9.17. The van der Waals surface area contributed by atoms with Gasteiger partial charge in [-0.2, -0.15) is 0 Å². The van der Waals surface area contributed by atoms with E-state index in [1.165, 1.54) is 87.7 Å². The third-order valence-electron chi connectivity index (χ3n) is 14.2. The zero-order valence-corrected chi connectivity index (χ0v) is 38.2. The molecule has 11 aromatic carbocycles. The highest BCUT2D eigenvalue weighted by Crippen LogP contribution is 2.42. The second-order valence-corrected chi connectivity index (χ2v) is 18.2. The highest BCUT2D eigenvalue weighted by Gasteiger charge is 2.19. The van der Waals surface area contributed by atoms with Gasteiger partial charge in [-0.15, -0.1) is 0 Å². The van der Waals surface area contributed by atoms with Gasteiger partial charge in [-0.25, -0.2) is 0 Å². The molecule has 0 unspecified atom stereocenters. The summed E-state index contributed by atoms with van der Waals surface area (Å²) in [5, 5.41) is 7.39. The average Bonchev–Trinajstić information content (AvgIpc) is 4.07. The number of aromatic nitrogens is 3. The van der Waals surface area contributed by atoms with Crippen LogP contribution in [0.25, 0.3) is 105 Å². The minimum absolute atomic E-state index is 1.11. The van der Waals surface area contributed by atoms with Gasteiger partial charge in [-0.05, 0) is 150 Å². The fourth-order valence-corrected chi connectivity index (χ4v) is 11.0. The predicted molar refractivity (Wildman–Crippen MR) is 295 cm³/mol. The van der Waals surface area contributed by atoms with E-state index in [2.05, 4.69) is 286 Å². The summed E-state index contributed by atoms with van der Waals surface area (Å²) in [5.74, 6) is 0. The Morgan fingerprint density at radius 2 is 0.514 bits per heavy atom. The van der Waals surface area contributed by atoms with Gasteiger partial charge in [0.15, 0.2) is 0 Å². The molecule has 4 heteroatoms. The smallest absolute Gasteiger partial charge is 0.0542 e. The molecule has 0 spiro atoms. The molecule has 0 radical (unpaired) electrons. The number of para-hydroxylation sites is 6. The van der Waals surface area contributed by atoms with Gasteiger partial charge in [-0.1, -0.05) is 140 Å². The van der Waals surface area contributed by atoms with E-state index >= 15 is 0 Å². The fraction of sp³-hybridized carbons (Fsp3) is 0. The molecule has 3 heterocycles. The van der Waals surface area contributed by atoms with E-state index in [1.807, 2.05) is 0 Å². The molecular weight excluding hydrogens is 849 g/mol. The summed E-state index contributed by atoms with van der Waals surface area (Å²) >= 11 is 0. The van der Waals surface area contributed by atoms with Gasteiger partial charge in [-0.3, -0.25) is 0 Å². The van der Waals surface area contributed by atoms with E-state index in [-0.39, 0.29) is 0 Å². The van der Waals surface area contributed by atoms with E-state index in [9.17, 15) is 0 Å². The van der Waals surface area contributed by atoms with E-state index in [1.54, 1.807) is 0 Å². The molecule has 0 saturated carbocycles. The fourth-order valence-electron chi connectivity index (χ4n) is 11.0. The summed E-state index contributed by atoms with van der Waals surface area (Å²) < 4.78 is 7.23. The number of anilines is 3. The Hall–Kier alpha value is -9.38. The van der Waals surface area contributed by atoms with E-state index in [0.717, 1.165) is 34.1 Å². The third-order valence-corrected chi connectivity index (χ3v) is 14.2. The first kappa shape index (κ1) is 39.8. The third kappa shape index (κ3) is 6.38. The molecule has 0 aliphatic rings. The number of hydrogen-bond acceptors (Lipinski definition) is 1. The van der Waals surface area contributed by atoms with Crippen molar-refractivity contribution in [3.05, 3.63) is 267 Å². The average molecular weight is 893 g/mol. The molecule has 0 aliphatic carbocycles. The van der Waals surface area contributed by atoms with Crippen molar-refractivity contribution >= 4 is 82.5 Å². The van der Waals surface area contributed by atoms with Gasteiger partial charge < -0.3 is 18.6 Å². The Bertz CT molecular complexity index is 4220. The molecular formula is C66H44N4. The largest absolute Gasteiger partial charge is 0.311 e. The summed E-state index contributed by atoms with van der Waals surface area (Å²) in [7, 11) is 0. The molecule has 70 heavy (non-hydrogen) atoms. The summed E-state index contributed by atoms with van der Waals surface area (Å²) in [6.45, 7) is 0. The lowest BCUT2D eigenvalue weighted by Crippen LogP contribution is -2.09. The highest BCUT2D eigenvalue weighted by atomic mass is 15.1. The summed E-state index contributed by atoms with van der Waals surface area (Å²) in [4.78, 5) is 2.31. The zero-order chi connectivity index (χ0) is 46.1. The van der Waals surface area contributed by atoms with E-state index in [0.29, 0.717) is 0 Å². The normalized spacial score (nSPS) is 11.7. The molecule has 328 valence electrons. The van der Waals surface area contributed by atoms with Gasteiger partial charge in [0.25, 0.3) is 0 Å². The van der Waals surface area contributed by atoms with Crippen molar-refractivity contribution in [3.8, 4) is 39.3 Å². The summed E-state index contributed by atoms with van der Waals surface area (Å²) in [6, 6.07) is 97.1. The Balaban J connectivity index is 0.890. The number of nitrogens with zero attached hydrogens (tertiary/aromatic N) is 4. The second-order valence-electron chi connectivity index (χ2n) is 18.2. The number of fused-ring (bicyclic) bond motifs is 9. The molecule has 4 nitrogen and oxygen atoms in total. The Labute approximate surface area is 405 Å². The minimum atomic E-state index is 1.11. The maximum atomic E-state index is 2.44. The predicted octanol–water partition coefficient (Wildman–Crippen LogP) is 17.8. The maximum Gasteiger partial charge on any atom is 0.0542 e. The van der Waals surface area contributed by atoms with Crippen molar-refractivity contribution in [2.45, 2.75) is 0 Å². The van der Waals surface area contributed by atoms with Gasteiger partial charge in [0.05, 0.1) is 33.1 Å². The van der Waals surface area contributed by atoms with Crippen molar-refractivity contribution < 1.29 is 0 Å². The Morgan fingerprint density at radius 1 is 0.200 bits per heavy atom. The molecule has 0 fully saturated rings. The number of benzene rings is 11. The van der Waals surface area contributed by atoms with Crippen LogP contribution < -0.4 is 4.90 Å². The van der Waals surface area contributed by atoms with E-state index in [4.69, 9.17) is 0 Å². The van der Waals surface area contributed by atoms with Crippen LogP contribution in [0.2, 0.25) is 0 Å². The van der Waals surface area contributed by atoms with Crippen molar-refractivity contribution in [3.63, 3.8) is 0 Å².